The topological polar surface area (TPSA) is 86.9 Å². The fraction of sp³-hybridized carbons (Fsp3) is 0.417. The van der Waals surface area contributed by atoms with Gasteiger partial charge in [-0.05, 0) is 22.4 Å². The summed E-state index contributed by atoms with van der Waals surface area (Å²) in [7, 11) is -3.58. The lowest BCUT2D eigenvalue weighted by molar-refractivity contribution is 0.564. The molecule has 0 aliphatic heterocycles. The van der Waals surface area contributed by atoms with Gasteiger partial charge in [0.15, 0.2) is 5.03 Å². The minimum atomic E-state index is -3.58. The zero-order valence-electron chi connectivity index (χ0n) is 11.4. The van der Waals surface area contributed by atoms with Crippen LogP contribution in [-0.2, 0) is 23.1 Å². The monoisotopic (exact) mass is 314 g/mol. The van der Waals surface area contributed by atoms with Gasteiger partial charge in [0, 0.05) is 24.7 Å². The average Bonchev–Trinajstić information content (AvgIpc) is 3.05. The number of nitrogens with zero attached hydrogens (tertiary/aromatic N) is 1. The number of hydrogen-bond donors (Lipinski definition) is 3. The predicted molar refractivity (Wildman–Crippen MR) is 78.9 cm³/mol. The number of thiophene rings is 1. The van der Waals surface area contributed by atoms with Crippen molar-refractivity contribution in [2.24, 2.45) is 0 Å². The molecule has 2 rings (SSSR count). The molecule has 2 aromatic rings. The zero-order chi connectivity index (χ0) is 14.6. The standard InChI is InChI=1S/C12H18N4O2S2/c1-9(2)13-6-11-7-14-16-12(11)20(17,18)15-5-10-3-4-19-8-10/h3-4,7-9,13,15H,5-6H2,1-2H3,(H,14,16). The highest BCUT2D eigenvalue weighted by molar-refractivity contribution is 7.89. The van der Waals surface area contributed by atoms with Gasteiger partial charge in [0.25, 0.3) is 10.0 Å². The quantitative estimate of drug-likeness (QED) is 0.722. The van der Waals surface area contributed by atoms with E-state index in [0.717, 1.165) is 5.56 Å². The van der Waals surface area contributed by atoms with Crippen LogP contribution < -0.4 is 10.0 Å². The molecule has 2 heterocycles. The highest BCUT2D eigenvalue weighted by Crippen LogP contribution is 2.13. The summed E-state index contributed by atoms with van der Waals surface area (Å²) in [5.74, 6) is 0. The molecule has 0 spiro atoms. The zero-order valence-corrected chi connectivity index (χ0v) is 13.0. The van der Waals surface area contributed by atoms with Crippen molar-refractivity contribution in [2.45, 2.75) is 38.0 Å². The Hall–Kier alpha value is -1.22. The van der Waals surface area contributed by atoms with Crippen molar-refractivity contribution >= 4 is 21.4 Å². The van der Waals surface area contributed by atoms with Gasteiger partial charge in [0.05, 0.1) is 6.20 Å². The van der Waals surface area contributed by atoms with Crippen LogP contribution in [0.5, 0.6) is 0 Å². The first kappa shape index (κ1) is 15.2. The molecule has 0 saturated heterocycles. The summed E-state index contributed by atoms with van der Waals surface area (Å²) in [6, 6.07) is 2.17. The maximum absolute atomic E-state index is 12.2. The molecule has 0 radical (unpaired) electrons. The van der Waals surface area contributed by atoms with Crippen LogP contribution in [0.15, 0.2) is 28.0 Å². The van der Waals surface area contributed by atoms with Crippen molar-refractivity contribution in [3.8, 4) is 0 Å². The first-order chi connectivity index (χ1) is 9.49. The van der Waals surface area contributed by atoms with E-state index in [4.69, 9.17) is 0 Å². The number of H-pyrrole nitrogens is 1. The van der Waals surface area contributed by atoms with Crippen LogP contribution in [-0.4, -0.2) is 24.7 Å². The van der Waals surface area contributed by atoms with Crippen LogP contribution in [0, 0.1) is 0 Å². The number of aromatic nitrogens is 2. The number of aromatic amines is 1. The third kappa shape index (κ3) is 3.89. The molecule has 0 atom stereocenters. The lowest BCUT2D eigenvalue weighted by Crippen LogP contribution is -2.27. The van der Waals surface area contributed by atoms with E-state index >= 15 is 0 Å². The molecule has 0 unspecified atom stereocenters. The Kier molecular flexibility index (Phi) is 4.92. The second-order valence-electron chi connectivity index (χ2n) is 4.72. The van der Waals surface area contributed by atoms with E-state index < -0.39 is 10.0 Å². The van der Waals surface area contributed by atoms with Crippen molar-refractivity contribution in [3.63, 3.8) is 0 Å². The fourth-order valence-electron chi connectivity index (χ4n) is 1.62. The van der Waals surface area contributed by atoms with Crippen LogP contribution >= 0.6 is 11.3 Å². The molecular weight excluding hydrogens is 296 g/mol. The van der Waals surface area contributed by atoms with E-state index in [1.807, 2.05) is 30.7 Å². The summed E-state index contributed by atoms with van der Waals surface area (Å²) in [5, 5.41) is 13.5. The van der Waals surface area contributed by atoms with Gasteiger partial charge in [-0.15, -0.1) is 0 Å². The van der Waals surface area contributed by atoms with E-state index in [2.05, 4.69) is 20.2 Å². The Morgan fingerprint density at radius 2 is 2.20 bits per heavy atom. The predicted octanol–water partition coefficient (Wildman–Crippen LogP) is 1.45. The fourth-order valence-corrected chi connectivity index (χ4v) is 3.43. The Morgan fingerprint density at radius 3 is 2.85 bits per heavy atom. The summed E-state index contributed by atoms with van der Waals surface area (Å²) >= 11 is 1.54. The number of hydrogen-bond acceptors (Lipinski definition) is 5. The van der Waals surface area contributed by atoms with Crippen LogP contribution in [0.4, 0.5) is 0 Å². The summed E-state index contributed by atoms with van der Waals surface area (Å²) in [4.78, 5) is 0. The molecule has 0 aromatic carbocycles. The molecule has 0 fully saturated rings. The van der Waals surface area contributed by atoms with Crippen molar-refractivity contribution in [2.75, 3.05) is 0 Å². The summed E-state index contributed by atoms with van der Waals surface area (Å²) in [6.07, 6.45) is 1.54. The van der Waals surface area contributed by atoms with Crippen LogP contribution in [0.1, 0.15) is 25.0 Å². The van der Waals surface area contributed by atoms with E-state index in [-0.39, 0.29) is 17.6 Å². The van der Waals surface area contributed by atoms with Crippen molar-refractivity contribution in [3.05, 3.63) is 34.2 Å². The van der Waals surface area contributed by atoms with E-state index in [1.54, 1.807) is 0 Å². The molecule has 0 amide bonds. The largest absolute Gasteiger partial charge is 0.310 e. The van der Waals surface area contributed by atoms with Crippen molar-refractivity contribution in [1.29, 1.82) is 0 Å². The molecule has 20 heavy (non-hydrogen) atoms. The molecule has 2 aromatic heterocycles. The van der Waals surface area contributed by atoms with E-state index in [0.29, 0.717) is 12.1 Å². The lowest BCUT2D eigenvalue weighted by atomic mass is 10.3. The summed E-state index contributed by atoms with van der Waals surface area (Å²) in [5.41, 5.74) is 1.58. The van der Waals surface area contributed by atoms with Crippen molar-refractivity contribution in [1.82, 2.24) is 20.2 Å². The van der Waals surface area contributed by atoms with E-state index in [9.17, 15) is 8.42 Å². The second-order valence-corrected chi connectivity index (χ2v) is 7.20. The van der Waals surface area contributed by atoms with Gasteiger partial charge in [0.2, 0.25) is 0 Å². The molecule has 0 bridgehead atoms. The van der Waals surface area contributed by atoms with Gasteiger partial charge >= 0.3 is 0 Å². The first-order valence-corrected chi connectivity index (χ1v) is 8.68. The second kappa shape index (κ2) is 6.49. The third-order valence-electron chi connectivity index (χ3n) is 2.69. The van der Waals surface area contributed by atoms with Crippen LogP contribution in [0.3, 0.4) is 0 Å². The van der Waals surface area contributed by atoms with Gasteiger partial charge < -0.3 is 5.32 Å². The molecule has 110 valence electrons. The third-order valence-corrected chi connectivity index (χ3v) is 4.84. The number of rotatable bonds is 7. The Bertz CT molecular complexity index is 632. The van der Waals surface area contributed by atoms with Crippen LogP contribution in [0.25, 0.3) is 0 Å². The molecular formula is C12H18N4O2S2. The summed E-state index contributed by atoms with van der Waals surface area (Å²) < 4.78 is 27.1. The molecule has 0 saturated carbocycles. The SMILES string of the molecule is CC(C)NCc1cn[nH]c1S(=O)(=O)NCc1ccsc1. The normalized spacial score (nSPS) is 12.2. The Morgan fingerprint density at radius 1 is 1.40 bits per heavy atom. The van der Waals surface area contributed by atoms with Gasteiger partial charge in [-0.25, -0.2) is 13.1 Å². The molecule has 0 aliphatic rings. The highest BCUT2D eigenvalue weighted by atomic mass is 32.2. The minimum Gasteiger partial charge on any atom is -0.310 e. The first-order valence-electron chi connectivity index (χ1n) is 6.25. The van der Waals surface area contributed by atoms with Gasteiger partial charge in [-0.1, -0.05) is 13.8 Å². The maximum atomic E-state index is 12.2. The Labute approximate surface area is 122 Å². The van der Waals surface area contributed by atoms with Crippen molar-refractivity contribution < 1.29 is 8.42 Å². The number of sulfonamides is 1. The minimum absolute atomic E-state index is 0.126. The Balaban J connectivity index is 2.07. The smallest absolute Gasteiger partial charge is 0.258 e. The molecule has 0 aliphatic carbocycles. The lowest BCUT2D eigenvalue weighted by Gasteiger charge is -2.09. The highest BCUT2D eigenvalue weighted by Gasteiger charge is 2.20. The van der Waals surface area contributed by atoms with Crippen LogP contribution in [0.2, 0.25) is 0 Å². The maximum Gasteiger partial charge on any atom is 0.258 e. The van der Waals surface area contributed by atoms with Gasteiger partial charge in [-0.3, -0.25) is 5.10 Å². The molecule has 6 nitrogen and oxygen atoms in total. The summed E-state index contributed by atoms with van der Waals surface area (Å²) in [6.45, 7) is 4.75. The van der Waals surface area contributed by atoms with Gasteiger partial charge in [-0.2, -0.15) is 16.4 Å². The number of nitrogens with one attached hydrogen (secondary N) is 3. The van der Waals surface area contributed by atoms with Gasteiger partial charge in [0.1, 0.15) is 0 Å². The average molecular weight is 314 g/mol. The molecule has 8 heteroatoms. The van der Waals surface area contributed by atoms with E-state index in [1.165, 1.54) is 17.5 Å². The molecule has 3 N–H and O–H groups in total.